The Hall–Kier alpha value is -2.53. The number of nitrogens with one attached hydrogen (secondary N) is 1. The molecule has 1 aromatic heterocycles. The van der Waals surface area contributed by atoms with Crippen molar-refractivity contribution in [3.63, 3.8) is 0 Å². The minimum atomic E-state index is -0.0773. The molecule has 0 atom stereocenters. The zero-order valence-corrected chi connectivity index (χ0v) is 15.8. The number of hydrogen-bond acceptors (Lipinski definition) is 3. The van der Waals surface area contributed by atoms with Gasteiger partial charge in [-0.3, -0.25) is 4.79 Å². The molecular formula is C22H26FN3O. The fourth-order valence-corrected chi connectivity index (χ4v) is 3.27. The van der Waals surface area contributed by atoms with Gasteiger partial charge in [0.25, 0.3) is 5.56 Å². The molecule has 3 rings (SSSR count). The Morgan fingerprint density at radius 1 is 1.26 bits per heavy atom. The summed E-state index contributed by atoms with van der Waals surface area (Å²) in [7, 11) is 2.08. The summed E-state index contributed by atoms with van der Waals surface area (Å²) in [5, 5.41) is 0.628. The van der Waals surface area contributed by atoms with Crippen LogP contribution in [0.1, 0.15) is 31.5 Å². The summed E-state index contributed by atoms with van der Waals surface area (Å²) in [6.07, 6.45) is 7.15. The number of nitrogens with zero attached hydrogens (tertiary/aromatic N) is 2. The van der Waals surface area contributed by atoms with E-state index in [2.05, 4.69) is 28.5 Å². The maximum absolute atomic E-state index is 13.1. The molecular weight excluding hydrogens is 341 g/mol. The molecule has 1 aromatic carbocycles. The van der Waals surface area contributed by atoms with Crippen LogP contribution in [0.5, 0.6) is 0 Å². The summed E-state index contributed by atoms with van der Waals surface area (Å²) < 4.78 is 13.1. The average Bonchev–Trinajstić information content (AvgIpc) is 2.67. The zero-order valence-electron chi connectivity index (χ0n) is 15.8. The molecule has 0 bridgehead atoms. The van der Waals surface area contributed by atoms with Gasteiger partial charge in [-0.25, -0.2) is 9.37 Å². The molecule has 1 N–H and O–H groups in total. The first-order chi connectivity index (χ1) is 13.0. The van der Waals surface area contributed by atoms with Gasteiger partial charge in [0.2, 0.25) is 0 Å². The Bertz CT molecular complexity index is 942. The lowest BCUT2D eigenvalue weighted by Crippen LogP contribution is -2.22. The van der Waals surface area contributed by atoms with Crippen LogP contribution in [0.3, 0.4) is 0 Å². The summed E-state index contributed by atoms with van der Waals surface area (Å²) in [5.41, 5.74) is 2.91. The second-order valence-corrected chi connectivity index (χ2v) is 7.10. The molecule has 1 heterocycles. The molecule has 0 unspecified atom stereocenters. The van der Waals surface area contributed by atoms with Crippen molar-refractivity contribution >= 4 is 10.9 Å². The van der Waals surface area contributed by atoms with Crippen molar-refractivity contribution in [1.82, 2.24) is 14.9 Å². The second kappa shape index (κ2) is 8.91. The maximum atomic E-state index is 13.1. The highest BCUT2D eigenvalue weighted by molar-refractivity contribution is 5.77. The van der Waals surface area contributed by atoms with Gasteiger partial charge in [-0.2, -0.15) is 0 Å². The molecule has 0 aliphatic heterocycles. The minimum Gasteiger partial charge on any atom is -0.310 e. The zero-order chi connectivity index (χ0) is 19.2. The number of para-hydroxylation sites is 1. The van der Waals surface area contributed by atoms with Gasteiger partial charge in [-0.1, -0.05) is 30.4 Å². The van der Waals surface area contributed by atoms with Gasteiger partial charge >= 0.3 is 0 Å². The smallest absolute Gasteiger partial charge is 0.258 e. The third kappa shape index (κ3) is 5.23. The molecule has 1 aliphatic carbocycles. The number of H-pyrrole nitrogens is 1. The van der Waals surface area contributed by atoms with Gasteiger partial charge in [0.15, 0.2) is 0 Å². The predicted molar refractivity (Wildman–Crippen MR) is 108 cm³/mol. The van der Waals surface area contributed by atoms with Crippen LogP contribution in [-0.2, 0) is 6.42 Å². The van der Waals surface area contributed by atoms with E-state index in [1.807, 2.05) is 24.3 Å². The van der Waals surface area contributed by atoms with E-state index in [9.17, 15) is 9.18 Å². The summed E-state index contributed by atoms with van der Waals surface area (Å²) in [4.78, 5) is 21.8. The fourth-order valence-electron chi connectivity index (χ4n) is 3.27. The largest absolute Gasteiger partial charge is 0.310 e. The van der Waals surface area contributed by atoms with Gasteiger partial charge in [0, 0.05) is 19.4 Å². The molecule has 2 aromatic rings. The number of benzene rings is 1. The average molecular weight is 367 g/mol. The van der Waals surface area contributed by atoms with Crippen LogP contribution in [0.25, 0.3) is 10.9 Å². The van der Waals surface area contributed by atoms with E-state index < -0.39 is 0 Å². The second-order valence-electron chi connectivity index (χ2n) is 7.10. The lowest BCUT2D eigenvalue weighted by atomic mass is 9.96. The van der Waals surface area contributed by atoms with E-state index in [0.717, 1.165) is 61.3 Å². The molecule has 0 spiro atoms. The standard InChI is InChI=1S/C22H26FN3O/c1-16(17-9-11-18(23)12-10-17)13-15-26(2)14-5-8-21-24-20-7-4-3-6-19(20)22(27)25-21/h3-4,6-7,9,11H,1,5,8,10,12-15H2,2H3,(H,24,25,27). The normalized spacial score (nSPS) is 14.3. The van der Waals surface area contributed by atoms with Crippen molar-refractivity contribution in [2.24, 2.45) is 0 Å². The first-order valence-electron chi connectivity index (χ1n) is 9.43. The topological polar surface area (TPSA) is 49.0 Å². The Morgan fingerprint density at radius 3 is 2.85 bits per heavy atom. The highest BCUT2D eigenvalue weighted by Crippen LogP contribution is 2.25. The summed E-state index contributed by atoms with van der Waals surface area (Å²) >= 11 is 0. The quantitative estimate of drug-likeness (QED) is 0.756. The van der Waals surface area contributed by atoms with E-state index in [4.69, 9.17) is 0 Å². The van der Waals surface area contributed by atoms with E-state index in [-0.39, 0.29) is 11.4 Å². The summed E-state index contributed by atoms with van der Waals surface area (Å²) in [6.45, 7) is 5.97. The predicted octanol–water partition coefficient (Wildman–Crippen LogP) is 4.31. The lowest BCUT2D eigenvalue weighted by Gasteiger charge is -2.19. The number of hydrogen-bond donors (Lipinski definition) is 1. The number of allylic oxidation sites excluding steroid dienone is 4. The van der Waals surface area contributed by atoms with Crippen LogP contribution < -0.4 is 5.56 Å². The molecule has 5 heteroatoms. The van der Waals surface area contributed by atoms with E-state index in [1.54, 1.807) is 12.1 Å². The molecule has 0 radical (unpaired) electrons. The van der Waals surface area contributed by atoms with Gasteiger partial charge in [-0.05, 0) is 56.6 Å². The summed E-state index contributed by atoms with van der Waals surface area (Å²) in [6, 6.07) is 7.40. The number of rotatable bonds is 8. The molecule has 27 heavy (non-hydrogen) atoms. The highest BCUT2D eigenvalue weighted by Gasteiger charge is 2.10. The Morgan fingerprint density at radius 2 is 2.07 bits per heavy atom. The van der Waals surface area contributed by atoms with Gasteiger partial charge < -0.3 is 9.88 Å². The van der Waals surface area contributed by atoms with Crippen molar-refractivity contribution in [2.45, 2.75) is 32.1 Å². The Balaban J connectivity index is 1.45. The third-order valence-electron chi connectivity index (χ3n) is 4.96. The van der Waals surface area contributed by atoms with Crippen LogP contribution in [0.15, 0.2) is 64.8 Å². The van der Waals surface area contributed by atoms with E-state index in [1.165, 1.54) is 0 Å². The Kier molecular flexibility index (Phi) is 6.35. The van der Waals surface area contributed by atoms with Gasteiger partial charge in [-0.15, -0.1) is 0 Å². The number of aromatic amines is 1. The van der Waals surface area contributed by atoms with Crippen molar-refractivity contribution in [3.05, 3.63) is 76.1 Å². The van der Waals surface area contributed by atoms with Crippen LogP contribution in [0.2, 0.25) is 0 Å². The van der Waals surface area contributed by atoms with Crippen LogP contribution >= 0.6 is 0 Å². The monoisotopic (exact) mass is 367 g/mol. The number of aromatic nitrogens is 2. The lowest BCUT2D eigenvalue weighted by molar-refractivity contribution is 0.332. The maximum Gasteiger partial charge on any atom is 0.258 e. The van der Waals surface area contributed by atoms with E-state index in [0.29, 0.717) is 11.8 Å². The molecule has 0 saturated heterocycles. The van der Waals surface area contributed by atoms with Crippen molar-refractivity contribution < 1.29 is 4.39 Å². The number of fused-ring (bicyclic) bond motifs is 1. The molecule has 1 aliphatic rings. The van der Waals surface area contributed by atoms with Crippen LogP contribution in [0.4, 0.5) is 4.39 Å². The first kappa shape index (κ1) is 19.2. The molecule has 4 nitrogen and oxygen atoms in total. The number of aryl methyl sites for hydroxylation is 1. The molecule has 142 valence electrons. The third-order valence-corrected chi connectivity index (χ3v) is 4.96. The van der Waals surface area contributed by atoms with E-state index >= 15 is 0 Å². The SMILES string of the molecule is C=C(CCN(C)CCCc1nc2ccccc2c(=O)[nH]1)C1=CC=C(F)CC1. The van der Waals surface area contributed by atoms with Crippen molar-refractivity contribution in [3.8, 4) is 0 Å². The first-order valence-corrected chi connectivity index (χ1v) is 9.43. The van der Waals surface area contributed by atoms with Crippen molar-refractivity contribution in [2.75, 3.05) is 20.1 Å². The molecule has 0 amide bonds. The minimum absolute atomic E-state index is 0.0518. The number of halogens is 1. The Labute approximate surface area is 159 Å². The molecule has 0 saturated carbocycles. The highest BCUT2D eigenvalue weighted by atomic mass is 19.1. The molecule has 0 fully saturated rings. The summed E-state index contributed by atoms with van der Waals surface area (Å²) in [5.74, 6) is 0.682. The van der Waals surface area contributed by atoms with Crippen molar-refractivity contribution in [1.29, 1.82) is 0 Å². The van der Waals surface area contributed by atoms with Gasteiger partial charge in [0.05, 0.1) is 10.9 Å². The van der Waals surface area contributed by atoms with Crippen LogP contribution in [0, 0.1) is 0 Å². The van der Waals surface area contributed by atoms with Gasteiger partial charge in [0.1, 0.15) is 11.7 Å². The fraction of sp³-hybridized carbons (Fsp3) is 0.364. The van der Waals surface area contributed by atoms with Crippen LogP contribution in [-0.4, -0.2) is 35.0 Å².